The summed E-state index contributed by atoms with van der Waals surface area (Å²) in [5, 5.41) is 6.87. The highest BCUT2D eigenvalue weighted by atomic mass is 32.1. The molecule has 0 atom stereocenters. The third-order valence-corrected chi connectivity index (χ3v) is 2.71. The minimum Gasteiger partial charge on any atom is -0.497 e. The smallest absolute Gasteiger partial charge is 0.245 e. The number of ether oxygens (including phenoxy) is 1. The Hall–Kier alpha value is -2.15. The lowest BCUT2D eigenvalue weighted by Gasteiger charge is -2.11. The molecule has 2 aromatic rings. The first kappa shape index (κ1) is 13.3. The highest BCUT2D eigenvalue weighted by molar-refractivity contribution is 7.80. The molecule has 1 heterocycles. The number of nitrogens with zero attached hydrogens (tertiary/aromatic N) is 2. The van der Waals surface area contributed by atoms with E-state index in [-0.39, 0.29) is 0 Å². The van der Waals surface area contributed by atoms with Crippen molar-refractivity contribution in [2.24, 2.45) is 5.73 Å². The Kier molecular flexibility index (Phi) is 3.96. The molecule has 1 aromatic heterocycles. The molecule has 7 heteroatoms. The average molecular weight is 278 g/mol. The fourth-order valence-corrected chi connectivity index (χ4v) is 1.77. The zero-order valence-electron chi connectivity index (χ0n) is 10.6. The highest BCUT2D eigenvalue weighted by Crippen LogP contribution is 2.23. The van der Waals surface area contributed by atoms with E-state index >= 15 is 0 Å². The lowest BCUT2D eigenvalue weighted by Crippen LogP contribution is -2.13. The van der Waals surface area contributed by atoms with Gasteiger partial charge >= 0.3 is 0 Å². The van der Waals surface area contributed by atoms with Gasteiger partial charge in [-0.05, 0) is 19.1 Å². The molecule has 0 aliphatic heterocycles. The summed E-state index contributed by atoms with van der Waals surface area (Å²) in [6.07, 6.45) is 0. The third-order valence-electron chi connectivity index (χ3n) is 2.49. The van der Waals surface area contributed by atoms with Crippen LogP contribution >= 0.6 is 12.2 Å². The van der Waals surface area contributed by atoms with Gasteiger partial charge in [-0.25, -0.2) is 0 Å². The van der Waals surface area contributed by atoms with Gasteiger partial charge in [-0.15, -0.1) is 0 Å². The SMILES string of the molecule is COc1ccc(C(N)=S)c(NCc2nc(C)no2)c1. The molecule has 0 aliphatic rings. The molecule has 6 nitrogen and oxygen atoms in total. The van der Waals surface area contributed by atoms with Crippen molar-refractivity contribution < 1.29 is 9.26 Å². The minimum atomic E-state index is 0.312. The fraction of sp³-hybridized carbons (Fsp3) is 0.250. The quantitative estimate of drug-likeness (QED) is 0.804. The van der Waals surface area contributed by atoms with Crippen LogP contribution in [0.2, 0.25) is 0 Å². The second-order valence-electron chi connectivity index (χ2n) is 3.86. The number of hydrogen-bond acceptors (Lipinski definition) is 6. The zero-order chi connectivity index (χ0) is 13.8. The van der Waals surface area contributed by atoms with Crippen LogP contribution in [0, 0.1) is 6.92 Å². The molecule has 0 fully saturated rings. The second kappa shape index (κ2) is 5.66. The van der Waals surface area contributed by atoms with E-state index in [1.807, 2.05) is 12.1 Å². The van der Waals surface area contributed by atoms with Gasteiger partial charge in [0.1, 0.15) is 10.7 Å². The summed E-state index contributed by atoms with van der Waals surface area (Å²) in [5.74, 6) is 1.80. The molecular weight excluding hydrogens is 264 g/mol. The lowest BCUT2D eigenvalue weighted by atomic mass is 10.1. The maximum Gasteiger partial charge on any atom is 0.245 e. The van der Waals surface area contributed by atoms with E-state index < -0.39 is 0 Å². The molecule has 100 valence electrons. The summed E-state index contributed by atoms with van der Waals surface area (Å²) in [6, 6.07) is 5.43. The standard InChI is InChI=1S/C12H14N4O2S/c1-7-15-11(18-16-7)6-14-10-5-8(17-2)3-4-9(10)12(13)19/h3-5,14H,6H2,1-2H3,(H2,13,19). The van der Waals surface area contributed by atoms with Crippen LogP contribution < -0.4 is 15.8 Å². The Morgan fingerprint density at radius 1 is 1.53 bits per heavy atom. The molecule has 0 spiro atoms. The van der Waals surface area contributed by atoms with E-state index in [0.29, 0.717) is 29.0 Å². The summed E-state index contributed by atoms with van der Waals surface area (Å²) in [7, 11) is 1.60. The molecule has 19 heavy (non-hydrogen) atoms. The summed E-state index contributed by atoms with van der Waals surface area (Å²) in [4.78, 5) is 4.42. The summed E-state index contributed by atoms with van der Waals surface area (Å²) >= 11 is 5.01. The maximum absolute atomic E-state index is 5.68. The van der Waals surface area contributed by atoms with Gasteiger partial charge in [0.2, 0.25) is 5.89 Å². The monoisotopic (exact) mass is 278 g/mol. The number of nitrogens with two attached hydrogens (primary N) is 1. The van der Waals surface area contributed by atoms with Gasteiger partial charge in [-0.2, -0.15) is 4.98 Å². The Bertz CT molecular complexity index is 597. The van der Waals surface area contributed by atoms with Crippen molar-refractivity contribution in [2.75, 3.05) is 12.4 Å². The van der Waals surface area contributed by atoms with Gasteiger partial charge in [0.25, 0.3) is 0 Å². The van der Waals surface area contributed by atoms with E-state index in [9.17, 15) is 0 Å². The molecular formula is C12H14N4O2S. The number of aryl methyl sites for hydroxylation is 1. The van der Waals surface area contributed by atoms with Crippen LogP contribution in [0.5, 0.6) is 5.75 Å². The molecule has 0 bridgehead atoms. The van der Waals surface area contributed by atoms with Crippen LogP contribution in [0.1, 0.15) is 17.3 Å². The van der Waals surface area contributed by atoms with Crippen LogP contribution in [0.3, 0.4) is 0 Å². The number of aromatic nitrogens is 2. The minimum absolute atomic E-state index is 0.312. The van der Waals surface area contributed by atoms with Crippen LogP contribution in [-0.4, -0.2) is 22.2 Å². The predicted octanol–water partition coefficient (Wildman–Crippen LogP) is 1.63. The van der Waals surface area contributed by atoms with E-state index in [2.05, 4.69) is 15.5 Å². The number of hydrogen-bond donors (Lipinski definition) is 2. The zero-order valence-corrected chi connectivity index (χ0v) is 11.5. The topological polar surface area (TPSA) is 86.2 Å². The first-order valence-corrected chi connectivity index (χ1v) is 6.02. The van der Waals surface area contributed by atoms with Gasteiger partial charge in [0, 0.05) is 17.3 Å². The summed E-state index contributed by atoms with van der Waals surface area (Å²) in [5.41, 5.74) is 7.19. The highest BCUT2D eigenvalue weighted by Gasteiger charge is 2.09. The Balaban J connectivity index is 2.19. The van der Waals surface area contributed by atoms with Crippen LogP contribution in [0.25, 0.3) is 0 Å². The van der Waals surface area contributed by atoms with Crippen LogP contribution in [-0.2, 0) is 6.54 Å². The van der Waals surface area contributed by atoms with Gasteiger partial charge in [0.05, 0.1) is 13.7 Å². The molecule has 0 amide bonds. The average Bonchev–Trinajstić information content (AvgIpc) is 2.81. The van der Waals surface area contributed by atoms with Crippen LogP contribution in [0.15, 0.2) is 22.7 Å². The van der Waals surface area contributed by atoms with Gasteiger partial charge in [-0.1, -0.05) is 17.4 Å². The first-order chi connectivity index (χ1) is 9.10. The molecule has 3 N–H and O–H groups in total. The van der Waals surface area contributed by atoms with Gasteiger partial charge < -0.3 is 20.3 Å². The van der Waals surface area contributed by atoms with Crippen molar-refractivity contribution in [2.45, 2.75) is 13.5 Å². The Morgan fingerprint density at radius 3 is 2.89 bits per heavy atom. The lowest BCUT2D eigenvalue weighted by molar-refractivity contribution is 0.379. The van der Waals surface area contributed by atoms with E-state index in [1.165, 1.54) is 0 Å². The van der Waals surface area contributed by atoms with Crippen molar-refractivity contribution in [1.29, 1.82) is 0 Å². The fourth-order valence-electron chi connectivity index (χ4n) is 1.59. The molecule has 0 saturated heterocycles. The molecule has 0 radical (unpaired) electrons. The Labute approximate surface area is 115 Å². The molecule has 0 aliphatic carbocycles. The molecule has 2 rings (SSSR count). The number of methoxy groups -OCH3 is 1. The molecule has 1 aromatic carbocycles. The van der Waals surface area contributed by atoms with Crippen molar-refractivity contribution in [3.8, 4) is 5.75 Å². The summed E-state index contributed by atoms with van der Waals surface area (Å²) in [6.45, 7) is 2.16. The Morgan fingerprint density at radius 2 is 2.32 bits per heavy atom. The number of thiocarbonyl (C=S) groups is 1. The normalized spacial score (nSPS) is 10.2. The van der Waals surface area contributed by atoms with Crippen molar-refractivity contribution in [3.05, 3.63) is 35.5 Å². The van der Waals surface area contributed by atoms with Crippen LogP contribution in [0.4, 0.5) is 5.69 Å². The summed E-state index contributed by atoms with van der Waals surface area (Å²) < 4.78 is 10.2. The van der Waals surface area contributed by atoms with E-state index in [1.54, 1.807) is 20.1 Å². The molecule has 0 saturated carbocycles. The van der Waals surface area contributed by atoms with Gasteiger partial charge in [0.15, 0.2) is 5.82 Å². The second-order valence-corrected chi connectivity index (χ2v) is 4.30. The number of benzene rings is 1. The number of nitrogens with one attached hydrogen (secondary N) is 1. The number of rotatable bonds is 5. The van der Waals surface area contributed by atoms with Crippen molar-refractivity contribution >= 4 is 22.9 Å². The van der Waals surface area contributed by atoms with E-state index in [4.69, 9.17) is 27.2 Å². The third kappa shape index (κ3) is 3.19. The number of anilines is 1. The molecule has 0 unspecified atom stereocenters. The van der Waals surface area contributed by atoms with E-state index in [0.717, 1.165) is 11.3 Å². The largest absolute Gasteiger partial charge is 0.497 e. The first-order valence-electron chi connectivity index (χ1n) is 5.61. The van der Waals surface area contributed by atoms with Gasteiger partial charge in [-0.3, -0.25) is 0 Å². The predicted molar refractivity (Wildman–Crippen MR) is 75.2 cm³/mol. The van der Waals surface area contributed by atoms with Crippen molar-refractivity contribution in [1.82, 2.24) is 10.1 Å². The van der Waals surface area contributed by atoms with Crippen molar-refractivity contribution in [3.63, 3.8) is 0 Å². The maximum atomic E-state index is 5.68.